The van der Waals surface area contributed by atoms with Crippen molar-refractivity contribution >= 4 is 11.9 Å². The number of nitrogens with two attached hydrogens (primary N) is 1. The predicted molar refractivity (Wildman–Crippen MR) is 91.1 cm³/mol. The van der Waals surface area contributed by atoms with Gasteiger partial charge in [0, 0.05) is 24.0 Å². The van der Waals surface area contributed by atoms with Gasteiger partial charge >= 0.3 is 0 Å². The Morgan fingerprint density at radius 2 is 1.73 bits per heavy atom. The standard InChI is InChI=1S/C16H30N6/c1-7-16(21(5)6)8-10-22(11-9-16)14-19-12(15(2,3)4)18-13(17)20-14/h7-11H2,1-6H3,(H2,17,18,19,20). The maximum atomic E-state index is 5.89. The molecule has 0 unspecified atom stereocenters. The minimum atomic E-state index is -0.127. The summed E-state index contributed by atoms with van der Waals surface area (Å²) in [4.78, 5) is 17.9. The van der Waals surface area contributed by atoms with Gasteiger partial charge in [0.15, 0.2) is 0 Å². The first-order valence-electron chi connectivity index (χ1n) is 8.12. The van der Waals surface area contributed by atoms with Crippen molar-refractivity contribution in [2.24, 2.45) is 0 Å². The van der Waals surface area contributed by atoms with E-state index in [2.05, 4.69) is 66.5 Å². The van der Waals surface area contributed by atoms with E-state index in [9.17, 15) is 0 Å². The number of nitrogens with zero attached hydrogens (tertiary/aromatic N) is 5. The third kappa shape index (κ3) is 3.32. The summed E-state index contributed by atoms with van der Waals surface area (Å²) in [7, 11) is 4.36. The van der Waals surface area contributed by atoms with Gasteiger partial charge in [-0.15, -0.1) is 0 Å². The third-order valence-electron chi connectivity index (χ3n) is 4.90. The van der Waals surface area contributed by atoms with Crippen LogP contribution in [0.2, 0.25) is 0 Å². The van der Waals surface area contributed by atoms with Crippen LogP contribution in [0, 0.1) is 0 Å². The average Bonchev–Trinajstić information content (AvgIpc) is 2.45. The van der Waals surface area contributed by atoms with Crippen LogP contribution in [0.5, 0.6) is 0 Å². The zero-order chi connectivity index (χ0) is 16.5. The zero-order valence-electron chi connectivity index (χ0n) is 14.8. The molecule has 0 amide bonds. The molecular formula is C16H30N6. The summed E-state index contributed by atoms with van der Waals surface area (Å²) in [5, 5.41) is 0. The van der Waals surface area contributed by atoms with Crippen molar-refractivity contribution < 1.29 is 0 Å². The largest absolute Gasteiger partial charge is 0.368 e. The van der Waals surface area contributed by atoms with Crippen LogP contribution in [0.3, 0.4) is 0 Å². The van der Waals surface area contributed by atoms with Crippen molar-refractivity contribution in [3.05, 3.63) is 5.82 Å². The Kier molecular flexibility index (Phi) is 4.61. The smallest absolute Gasteiger partial charge is 0.230 e. The molecule has 0 spiro atoms. The number of hydrogen-bond donors (Lipinski definition) is 1. The van der Waals surface area contributed by atoms with Crippen molar-refractivity contribution in [1.29, 1.82) is 0 Å². The molecule has 2 heterocycles. The van der Waals surface area contributed by atoms with E-state index in [4.69, 9.17) is 5.73 Å². The molecule has 1 saturated heterocycles. The average molecular weight is 306 g/mol. The molecule has 0 atom stereocenters. The van der Waals surface area contributed by atoms with Gasteiger partial charge in [-0.1, -0.05) is 27.7 Å². The Balaban J connectivity index is 2.20. The van der Waals surface area contributed by atoms with Gasteiger partial charge in [0.25, 0.3) is 0 Å². The summed E-state index contributed by atoms with van der Waals surface area (Å²) >= 11 is 0. The highest BCUT2D eigenvalue weighted by molar-refractivity contribution is 5.36. The second-order valence-electron chi connectivity index (χ2n) is 7.53. The number of nitrogen functional groups attached to an aromatic ring is 1. The Hall–Kier alpha value is -1.43. The van der Waals surface area contributed by atoms with Crippen molar-refractivity contribution in [3.63, 3.8) is 0 Å². The molecule has 0 aromatic carbocycles. The topological polar surface area (TPSA) is 71.2 Å². The van der Waals surface area contributed by atoms with Gasteiger partial charge in [0.05, 0.1) is 0 Å². The summed E-state index contributed by atoms with van der Waals surface area (Å²) < 4.78 is 0. The normalized spacial score (nSPS) is 18.8. The van der Waals surface area contributed by atoms with Crippen molar-refractivity contribution in [1.82, 2.24) is 19.9 Å². The van der Waals surface area contributed by atoms with Crippen LogP contribution in [0.15, 0.2) is 0 Å². The third-order valence-corrected chi connectivity index (χ3v) is 4.90. The SMILES string of the molecule is CCC1(N(C)C)CCN(c2nc(N)nc(C(C)(C)C)n2)CC1. The van der Waals surface area contributed by atoms with Crippen molar-refractivity contribution in [2.75, 3.05) is 37.8 Å². The van der Waals surface area contributed by atoms with Crippen molar-refractivity contribution in [2.45, 2.75) is 57.9 Å². The van der Waals surface area contributed by atoms with Crippen molar-refractivity contribution in [3.8, 4) is 0 Å². The minimum absolute atomic E-state index is 0.127. The second kappa shape index (κ2) is 5.99. The number of aromatic nitrogens is 3. The monoisotopic (exact) mass is 306 g/mol. The summed E-state index contributed by atoms with van der Waals surface area (Å²) in [6.45, 7) is 10.5. The number of hydrogen-bond acceptors (Lipinski definition) is 6. The number of anilines is 2. The first-order valence-corrected chi connectivity index (χ1v) is 8.12. The molecule has 0 radical (unpaired) electrons. The molecule has 0 saturated carbocycles. The van der Waals surface area contributed by atoms with Crippen LogP contribution in [-0.4, -0.2) is 52.6 Å². The van der Waals surface area contributed by atoms with E-state index in [1.807, 2.05) is 0 Å². The van der Waals surface area contributed by atoms with E-state index < -0.39 is 0 Å². The molecule has 0 bridgehead atoms. The molecule has 2 rings (SSSR count). The van der Waals surface area contributed by atoms with Gasteiger partial charge in [-0.3, -0.25) is 0 Å². The summed E-state index contributed by atoms with van der Waals surface area (Å²) in [6, 6.07) is 0. The summed E-state index contributed by atoms with van der Waals surface area (Å²) in [5.74, 6) is 1.80. The van der Waals surface area contributed by atoms with Gasteiger partial charge < -0.3 is 15.5 Å². The van der Waals surface area contributed by atoms with Crippen LogP contribution in [0.1, 0.15) is 52.8 Å². The molecule has 2 N–H and O–H groups in total. The van der Waals surface area contributed by atoms with E-state index in [1.54, 1.807) is 0 Å². The van der Waals surface area contributed by atoms with E-state index in [1.165, 1.54) is 6.42 Å². The number of rotatable bonds is 3. The lowest BCUT2D eigenvalue weighted by Crippen LogP contribution is -2.52. The van der Waals surface area contributed by atoms with Gasteiger partial charge in [-0.05, 0) is 33.4 Å². The summed E-state index contributed by atoms with van der Waals surface area (Å²) in [5.41, 5.74) is 6.06. The van der Waals surface area contributed by atoms with Gasteiger partial charge in [-0.25, -0.2) is 0 Å². The van der Waals surface area contributed by atoms with E-state index >= 15 is 0 Å². The molecule has 1 aromatic rings. The molecule has 22 heavy (non-hydrogen) atoms. The molecule has 1 aromatic heterocycles. The zero-order valence-corrected chi connectivity index (χ0v) is 14.8. The fourth-order valence-corrected chi connectivity index (χ4v) is 3.10. The highest BCUT2D eigenvalue weighted by atomic mass is 15.3. The molecule has 1 aliphatic rings. The van der Waals surface area contributed by atoms with Gasteiger partial charge in [0.2, 0.25) is 11.9 Å². The lowest BCUT2D eigenvalue weighted by molar-refractivity contribution is 0.111. The van der Waals surface area contributed by atoms with Crippen LogP contribution >= 0.6 is 0 Å². The highest BCUT2D eigenvalue weighted by Gasteiger charge is 2.35. The van der Waals surface area contributed by atoms with Crippen LogP contribution in [0.4, 0.5) is 11.9 Å². The lowest BCUT2D eigenvalue weighted by Gasteiger charge is -2.45. The Morgan fingerprint density at radius 1 is 1.14 bits per heavy atom. The van der Waals surface area contributed by atoms with E-state index in [0.29, 0.717) is 11.5 Å². The quantitative estimate of drug-likeness (QED) is 0.921. The Labute approximate surface area is 134 Å². The van der Waals surface area contributed by atoms with Crippen LogP contribution < -0.4 is 10.6 Å². The fraction of sp³-hybridized carbons (Fsp3) is 0.812. The molecule has 1 fully saturated rings. The number of piperidine rings is 1. The maximum absolute atomic E-state index is 5.89. The fourth-order valence-electron chi connectivity index (χ4n) is 3.10. The molecule has 6 nitrogen and oxygen atoms in total. The van der Waals surface area contributed by atoms with E-state index in [0.717, 1.165) is 37.7 Å². The molecule has 0 aliphatic carbocycles. The molecular weight excluding hydrogens is 276 g/mol. The second-order valence-corrected chi connectivity index (χ2v) is 7.53. The Bertz CT molecular complexity index is 512. The molecule has 6 heteroatoms. The Morgan fingerprint density at radius 3 is 2.18 bits per heavy atom. The van der Waals surface area contributed by atoms with Crippen LogP contribution in [-0.2, 0) is 5.41 Å². The van der Waals surface area contributed by atoms with Gasteiger partial charge in [0.1, 0.15) is 5.82 Å². The van der Waals surface area contributed by atoms with E-state index in [-0.39, 0.29) is 5.41 Å². The highest BCUT2D eigenvalue weighted by Crippen LogP contribution is 2.32. The first kappa shape index (κ1) is 16.9. The minimum Gasteiger partial charge on any atom is -0.368 e. The summed E-state index contributed by atoms with van der Waals surface area (Å²) in [6.07, 6.45) is 3.40. The predicted octanol–water partition coefficient (Wildman–Crippen LogP) is 2.06. The first-order chi connectivity index (χ1) is 10.2. The maximum Gasteiger partial charge on any atom is 0.230 e. The molecule has 1 aliphatic heterocycles. The molecule has 124 valence electrons. The van der Waals surface area contributed by atoms with Crippen LogP contribution in [0.25, 0.3) is 0 Å². The lowest BCUT2D eigenvalue weighted by atomic mass is 9.84. The van der Waals surface area contributed by atoms with Gasteiger partial charge in [-0.2, -0.15) is 15.0 Å².